The van der Waals surface area contributed by atoms with Crippen molar-refractivity contribution >= 4 is 16.9 Å². The molecule has 144 valence electrons. The molecule has 0 radical (unpaired) electrons. The Morgan fingerprint density at radius 3 is 2.67 bits per heavy atom. The molecular formula is C19H22N2O6. The molecule has 1 saturated heterocycles. The van der Waals surface area contributed by atoms with E-state index in [0.29, 0.717) is 48.7 Å². The van der Waals surface area contributed by atoms with Gasteiger partial charge in [-0.1, -0.05) is 0 Å². The van der Waals surface area contributed by atoms with Crippen molar-refractivity contribution in [3.8, 4) is 11.5 Å². The second kappa shape index (κ2) is 7.58. The highest BCUT2D eigenvalue weighted by Gasteiger charge is 2.21. The van der Waals surface area contributed by atoms with Gasteiger partial charge in [0, 0.05) is 38.4 Å². The van der Waals surface area contributed by atoms with Crippen LogP contribution in [0.25, 0.3) is 10.9 Å². The maximum Gasteiger partial charge on any atom is 0.343 e. The van der Waals surface area contributed by atoms with Crippen LogP contribution < -0.4 is 14.9 Å². The third kappa shape index (κ3) is 3.50. The monoisotopic (exact) mass is 374 g/mol. The van der Waals surface area contributed by atoms with Crippen molar-refractivity contribution < 1.29 is 23.7 Å². The summed E-state index contributed by atoms with van der Waals surface area (Å²) >= 11 is 0. The molecule has 0 unspecified atom stereocenters. The molecule has 1 fully saturated rings. The van der Waals surface area contributed by atoms with Gasteiger partial charge in [-0.05, 0) is 13.0 Å². The molecule has 3 heterocycles. The zero-order chi connectivity index (χ0) is 18.8. The molecule has 2 aliphatic heterocycles. The number of hydrogen-bond acceptors (Lipinski definition) is 7. The van der Waals surface area contributed by atoms with Crippen molar-refractivity contribution in [1.29, 1.82) is 0 Å². The molecule has 8 nitrogen and oxygen atoms in total. The third-order valence-electron chi connectivity index (χ3n) is 4.88. The van der Waals surface area contributed by atoms with Crippen LogP contribution in [0.1, 0.15) is 17.3 Å². The Balaban J connectivity index is 1.57. The molecule has 0 bridgehead atoms. The molecule has 0 spiro atoms. The van der Waals surface area contributed by atoms with E-state index in [1.807, 2.05) is 11.5 Å². The van der Waals surface area contributed by atoms with Gasteiger partial charge in [0.05, 0.1) is 24.1 Å². The van der Waals surface area contributed by atoms with E-state index in [2.05, 4.69) is 4.90 Å². The Bertz CT molecular complexity index is 917. The summed E-state index contributed by atoms with van der Waals surface area (Å²) in [5, 5.41) is 0.420. The van der Waals surface area contributed by atoms with Gasteiger partial charge in [-0.3, -0.25) is 9.69 Å². The van der Waals surface area contributed by atoms with Gasteiger partial charge in [0.25, 0.3) is 0 Å². The first-order valence-electron chi connectivity index (χ1n) is 9.11. The molecule has 0 amide bonds. The van der Waals surface area contributed by atoms with E-state index in [4.69, 9.17) is 18.9 Å². The summed E-state index contributed by atoms with van der Waals surface area (Å²) in [7, 11) is 0. The maximum atomic E-state index is 12.9. The van der Waals surface area contributed by atoms with Crippen LogP contribution in [-0.4, -0.2) is 61.7 Å². The summed E-state index contributed by atoms with van der Waals surface area (Å²) in [4.78, 5) is 27.6. The van der Waals surface area contributed by atoms with Crippen LogP contribution in [0.5, 0.6) is 11.5 Å². The lowest BCUT2D eigenvalue weighted by Crippen LogP contribution is -2.38. The standard InChI is InChI=1S/C19H22N2O6/c1-2-21-11-14(19(23)25-8-5-20-3-6-24-7-4-20)18(22)13-9-16-17(10-15(13)21)27-12-26-16/h9-11H,2-8,12H2,1H3. The van der Waals surface area contributed by atoms with E-state index in [9.17, 15) is 9.59 Å². The number of benzene rings is 1. The summed E-state index contributed by atoms with van der Waals surface area (Å²) in [5.41, 5.74) is 0.381. The predicted molar refractivity (Wildman–Crippen MR) is 97.5 cm³/mol. The van der Waals surface area contributed by atoms with E-state index in [0.717, 1.165) is 13.1 Å². The molecule has 2 aromatic rings. The van der Waals surface area contributed by atoms with Crippen LogP contribution in [0, 0.1) is 0 Å². The highest BCUT2D eigenvalue weighted by atomic mass is 16.7. The lowest BCUT2D eigenvalue weighted by atomic mass is 10.1. The van der Waals surface area contributed by atoms with Gasteiger partial charge in [-0.25, -0.2) is 4.79 Å². The molecule has 8 heteroatoms. The fourth-order valence-electron chi connectivity index (χ4n) is 3.36. The van der Waals surface area contributed by atoms with E-state index in [1.165, 1.54) is 0 Å². The predicted octanol–water partition coefficient (Wildman–Crippen LogP) is 1.24. The average molecular weight is 374 g/mol. The number of aryl methyl sites for hydroxylation is 1. The Kier molecular flexibility index (Phi) is 5.00. The molecule has 27 heavy (non-hydrogen) atoms. The zero-order valence-corrected chi connectivity index (χ0v) is 15.2. The lowest BCUT2D eigenvalue weighted by molar-refractivity contribution is 0.0195. The van der Waals surface area contributed by atoms with Gasteiger partial charge in [-0.2, -0.15) is 0 Å². The smallest absolute Gasteiger partial charge is 0.343 e. The minimum Gasteiger partial charge on any atom is -0.461 e. The van der Waals surface area contributed by atoms with E-state index in [-0.39, 0.29) is 24.4 Å². The maximum absolute atomic E-state index is 12.9. The molecule has 1 aromatic carbocycles. The molecule has 0 saturated carbocycles. The number of pyridine rings is 1. The van der Waals surface area contributed by atoms with Gasteiger partial charge < -0.3 is 23.5 Å². The van der Waals surface area contributed by atoms with Gasteiger partial charge in [-0.15, -0.1) is 0 Å². The number of carbonyl (C=O) groups is 1. The minimum atomic E-state index is -0.602. The number of aromatic nitrogens is 1. The highest BCUT2D eigenvalue weighted by molar-refractivity contribution is 5.94. The molecule has 4 rings (SSSR count). The summed E-state index contributed by atoms with van der Waals surface area (Å²) in [6, 6.07) is 3.41. The largest absolute Gasteiger partial charge is 0.461 e. The summed E-state index contributed by atoms with van der Waals surface area (Å²) in [5.74, 6) is 0.514. The molecule has 1 aromatic heterocycles. The first kappa shape index (κ1) is 17.8. The lowest BCUT2D eigenvalue weighted by Gasteiger charge is -2.26. The number of esters is 1. The van der Waals surface area contributed by atoms with Gasteiger partial charge in [0.2, 0.25) is 12.2 Å². The van der Waals surface area contributed by atoms with E-state index < -0.39 is 5.97 Å². The van der Waals surface area contributed by atoms with Crippen LogP contribution >= 0.6 is 0 Å². The number of fused-ring (bicyclic) bond motifs is 2. The summed E-state index contributed by atoms with van der Waals surface area (Å²) in [6.45, 7) is 6.57. The zero-order valence-electron chi connectivity index (χ0n) is 15.2. The van der Waals surface area contributed by atoms with Gasteiger partial charge >= 0.3 is 5.97 Å². The molecule has 0 aliphatic carbocycles. The quantitative estimate of drug-likeness (QED) is 0.729. The molecule has 0 atom stereocenters. The Labute approximate surface area is 156 Å². The SMILES string of the molecule is CCn1cc(C(=O)OCCN2CCOCC2)c(=O)c2cc3c(cc21)OCO3. The first-order chi connectivity index (χ1) is 13.2. The highest BCUT2D eigenvalue weighted by Crippen LogP contribution is 2.35. The summed E-state index contributed by atoms with van der Waals surface area (Å²) in [6.07, 6.45) is 1.56. The average Bonchev–Trinajstić information content (AvgIpc) is 3.15. The number of nitrogens with zero attached hydrogens (tertiary/aromatic N) is 2. The number of hydrogen-bond donors (Lipinski definition) is 0. The van der Waals surface area contributed by atoms with Gasteiger partial charge in [0.1, 0.15) is 12.2 Å². The van der Waals surface area contributed by atoms with Crippen LogP contribution in [0.15, 0.2) is 23.1 Å². The second-order valence-corrected chi connectivity index (χ2v) is 6.47. The minimum absolute atomic E-state index is 0.0326. The first-order valence-corrected chi connectivity index (χ1v) is 9.11. The van der Waals surface area contributed by atoms with Crippen LogP contribution in [0.3, 0.4) is 0 Å². The Hall–Kier alpha value is -2.58. The number of ether oxygens (including phenoxy) is 4. The van der Waals surface area contributed by atoms with Crippen molar-refractivity contribution in [2.75, 3.05) is 46.2 Å². The Morgan fingerprint density at radius 1 is 1.19 bits per heavy atom. The van der Waals surface area contributed by atoms with Gasteiger partial charge in [0.15, 0.2) is 11.5 Å². The topological polar surface area (TPSA) is 79.2 Å². The van der Waals surface area contributed by atoms with Crippen LogP contribution in [0.4, 0.5) is 0 Å². The van der Waals surface area contributed by atoms with E-state index >= 15 is 0 Å². The van der Waals surface area contributed by atoms with E-state index in [1.54, 1.807) is 18.3 Å². The summed E-state index contributed by atoms with van der Waals surface area (Å²) < 4.78 is 23.3. The third-order valence-corrected chi connectivity index (χ3v) is 4.88. The molecule has 0 N–H and O–H groups in total. The number of carbonyl (C=O) groups excluding carboxylic acids is 1. The Morgan fingerprint density at radius 2 is 1.93 bits per heavy atom. The van der Waals surface area contributed by atoms with Crippen LogP contribution in [-0.2, 0) is 16.0 Å². The van der Waals surface area contributed by atoms with Crippen molar-refractivity contribution in [1.82, 2.24) is 9.47 Å². The van der Waals surface area contributed by atoms with Crippen molar-refractivity contribution in [3.63, 3.8) is 0 Å². The second-order valence-electron chi connectivity index (χ2n) is 6.47. The number of rotatable bonds is 5. The van der Waals surface area contributed by atoms with Crippen molar-refractivity contribution in [2.24, 2.45) is 0 Å². The number of morpholine rings is 1. The fourth-order valence-corrected chi connectivity index (χ4v) is 3.36. The molecule has 2 aliphatic rings. The van der Waals surface area contributed by atoms with Crippen molar-refractivity contribution in [2.45, 2.75) is 13.5 Å². The fraction of sp³-hybridized carbons (Fsp3) is 0.474. The normalized spacial score (nSPS) is 16.6. The molecular weight excluding hydrogens is 352 g/mol. The van der Waals surface area contributed by atoms with Crippen LogP contribution in [0.2, 0.25) is 0 Å². The van der Waals surface area contributed by atoms with Crippen molar-refractivity contribution in [3.05, 3.63) is 34.1 Å².